The summed E-state index contributed by atoms with van der Waals surface area (Å²) in [5.74, 6) is 0.587. The van der Waals surface area contributed by atoms with Crippen LogP contribution in [0.25, 0.3) is 0 Å². The lowest BCUT2D eigenvalue weighted by Crippen LogP contribution is -2.38. The summed E-state index contributed by atoms with van der Waals surface area (Å²) in [6, 6.07) is 10.5. The van der Waals surface area contributed by atoms with Gasteiger partial charge in [-0.05, 0) is 43.2 Å². The fourth-order valence-corrected chi connectivity index (χ4v) is 3.00. The maximum absolute atomic E-state index is 12.1. The molecule has 0 aliphatic heterocycles. The van der Waals surface area contributed by atoms with E-state index in [1.54, 1.807) is 0 Å². The molecule has 118 valence electrons. The molecule has 0 aromatic heterocycles. The van der Waals surface area contributed by atoms with Crippen molar-refractivity contribution in [3.63, 3.8) is 0 Å². The van der Waals surface area contributed by atoms with Gasteiger partial charge in [-0.3, -0.25) is 9.59 Å². The number of hydrogen-bond acceptors (Lipinski definition) is 2. The second kappa shape index (κ2) is 8.37. The largest absolute Gasteiger partial charge is 0.354 e. The van der Waals surface area contributed by atoms with Crippen molar-refractivity contribution in [1.29, 1.82) is 0 Å². The average Bonchev–Trinajstić information content (AvgIpc) is 2.59. The quantitative estimate of drug-likeness (QED) is 0.626. The van der Waals surface area contributed by atoms with Gasteiger partial charge in [0.1, 0.15) is 0 Å². The number of amides is 2. The molecule has 1 aromatic carbocycles. The number of rotatable bonds is 6. The molecule has 0 unspecified atom stereocenters. The molecule has 2 amide bonds. The summed E-state index contributed by atoms with van der Waals surface area (Å²) in [5, 5.41) is 5.55. The Kier molecular flexibility index (Phi) is 6.19. The molecular formula is C18H24N2O2. The zero-order valence-electron chi connectivity index (χ0n) is 12.9. The van der Waals surface area contributed by atoms with Gasteiger partial charge in [-0.1, -0.05) is 36.9 Å². The summed E-state index contributed by atoms with van der Waals surface area (Å²) < 4.78 is 0. The van der Waals surface area contributed by atoms with Crippen molar-refractivity contribution in [3.05, 3.63) is 48.6 Å². The fraction of sp³-hybridized carbons (Fsp3) is 0.444. The Bertz CT molecular complexity index is 505. The third kappa shape index (κ3) is 4.72. The first-order valence-corrected chi connectivity index (χ1v) is 7.93. The predicted octanol–water partition coefficient (Wildman–Crippen LogP) is 2.38. The minimum absolute atomic E-state index is 0.107. The number of carbonyl (C=O) groups is 2. The van der Waals surface area contributed by atoms with Gasteiger partial charge in [0.15, 0.2) is 0 Å². The van der Waals surface area contributed by atoms with Crippen LogP contribution in [0.2, 0.25) is 0 Å². The summed E-state index contributed by atoms with van der Waals surface area (Å²) >= 11 is 0. The highest BCUT2D eigenvalue weighted by Crippen LogP contribution is 2.35. The second-order valence-electron chi connectivity index (χ2n) is 5.75. The van der Waals surface area contributed by atoms with Gasteiger partial charge in [-0.2, -0.15) is 0 Å². The predicted molar refractivity (Wildman–Crippen MR) is 87.4 cm³/mol. The Morgan fingerprint density at radius 3 is 2.32 bits per heavy atom. The minimum Gasteiger partial charge on any atom is -0.354 e. The molecule has 1 aromatic rings. The summed E-state index contributed by atoms with van der Waals surface area (Å²) in [7, 11) is 0. The van der Waals surface area contributed by atoms with E-state index in [1.165, 1.54) is 11.6 Å². The van der Waals surface area contributed by atoms with Crippen LogP contribution < -0.4 is 10.6 Å². The maximum atomic E-state index is 12.1. The Labute approximate surface area is 132 Å². The summed E-state index contributed by atoms with van der Waals surface area (Å²) in [5.41, 5.74) is 1.38. The van der Waals surface area contributed by atoms with Crippen LogP contribution in [0.1, 0.15) is 37.2 Å². The molecule has 1 aliphatic rings. The van der Waals surface area contributed by atoms with Crippen molar-refractivity contribution in [1.82, 2.24) is 10.6 Å². The van der Waals surface area contributed by atoms with Crippen LogP contribution in [0.15, 0.2) is 43.0 Å². The molecule has 4 heteroatoms. The Morgan fingerprint density at radius 2 is 1.68 bits per heavy atom. The average molecular weight is 300 g/mol. The van der Waals surface area contributed by atoms with Crippen LogP contribution >= 0.6 is 0 Å². The fourth-order valence-electron chi connectivity index (χ4n) is 3.00. The van der Waals surface area contributed by atoms with Crippen LogP contribution in [0.3, 0.4) is 0 Å². The highest BCUT2D eigenvalue weighted by Gasteiger charge is 2.26. The van der Waals surface area contributed by atoms with Crippen molar-refractivity contribution < 1.29 is 9.59 Å². The van der Waals surface area contributed by atoms with Crippen LogP contribution in [-0.2, 0) is 9.59 Å². The first-order chi connectivity index (χ1) is 10.7. The zero-order chi connectivity index (χ0) is 15.8. The molecule has 2 N–H and O–H groups in total. The molecule has 0 radical (unpaired) electrons. The van der Waals surface area contributed by atoms with Crippen LogP contribution in [0.4, 0.5) is 0 Å². The van der Waals surface area contributed by atoms with E-state index in [4.69, 9.17) is 0 Å². The minimum atomic E-state index is -0.211. The molecule has 0 bridgehead atoms. The second-order valence-corrected chi connectivity index (χ2v) is 5.75. The van der Waals surface area contributed by atoms with E-state index in [9.17, 15) is 9.59 Å². The molecule has 1 fully saturated rings. The SMILES string of the molecule is C=CC(=O)NCCNC(=O)C1CCC(c2ccccc2)CC1. The molecule has 0 heterocycles. The number of hydrogen-bond donors (Lipinski definition) is 2. The van der Waals surface area contributed by atoms with Gasteiger partial charge >= 0.3 is 0 Å². The monoisotopic (exact) mass is 300 g/mol. The smallest absolute Gasteiger partial charge is 0.243 e. The van der Waals surface area contributed by atoms with E-state index < -0.39 is 0 Å². The highest BCUT2D eigenvalue weighted by atomic mass is 16.2. The first-order valence-electron chi connectivity index (χ1n) is 7.93. The van der Waals surface area contributed by atoms with Crippen LogP contribution in [0, 0.1) is 5.92 Å². The molecule has 2 rings (SSSR count). The van der Waals surface area contributed by atoms with E-state index in [0.29, 0.717) is 19.0 Å². The third-order valence-corrected chi connectivity index (χ3v) is 4.28. The van der Waals surface area contributed by atoms with Crippen molar-refractivity contribution in [2.24, 2.45) is 5.92 Å². The Hall–Kier alpha value is -2.10. The number of carbonyl (C=O) groups excluding carboxylic acids is 2. The van der Waals surface area contributed by atoms with Crippen LogP contribution in [-0.4, -0.2) is 24.9 Å². The number of benzene rings is 1. The summed E-state index contributed by atoms with van der Waals surface area (Å²) in [6.07, 6.45) is 5.23. The van der Waals surface area contributed by atoms with Gasteiger partial charge in [0.2, 0.25) is 11.8 Å². The lowest BCUT2D eigenvalue weighted by molar-refractivity contribution is -0.126. The third-order valence-electron chi connectivity index (χ3n) is 4.28. The molecular weight excluding hydrogens is 276 g/mol. The lowest BCUT2D eigenvalue weighted by atomic mass is 9.78. The standard InChI is InChI=1S/C18H24N2O2/c1-2-17(21)19-12-13-20-18(22)16-10-8-15(9-11-16)14-6-4-3-5-7-14/h2-7,15-16H,1,8-13H2,(H,19,21)(H,20,22). The molecule has 1 saturated carbocycles. The van der Waals surface area contributed by atoms with E-state index >= 15 is 0 Å². The topological polar surface area (TPSA) is 58.2 Å². The lowest BCUT2D eigenvalue weighted by Gasteiger charge is -2.28. The highest BCUT2D eigenvalue weighted by molar-refractivity contribution is 5.86. The number of nitrogens with one attached hydrogen (secondary N) is 2. The Morgan fingerprint density at radius 1 is 1.05 bits per heavy atom. The molecule has 0 saturated heterocycles. The van der Waals surface area contributed by atoms with Gasteiger partial charge in [-0.25, -0.2) is 0 Å². The van der Waals surface area contributed by atoms with Crippen molar-refractivity contribution >= 4 is 11.8 Å². The van der Waals surface area contributed by atoms with Gasteiger partial charge in [-0.15, -0.1) is 0 Å². The molecule has 0 atom stereocenters. The van der Waals surface area contributed by atoms with Crippen molar-refractivity contribution in [2.45, 2.75) is 31.6 Å². The van der Waals surface area contributed by atoms with Gasteiger partial charge < -0.3 is 10.6 Å². The normalized spacial score (nSPS) is 20.9. The molecule has 4 nitrogen and oxygen atoms in total. The van der Waals surface area contributed by atoms with Crippen LogP contribution in [0.5, 0.6) is 0 Å². The van der Waals surface area contributed by atoms with Gasteiger partial charge in [0.25, 0.3) is 0 Å². The van der Waals surface area contributed by atoms with E-state index in [0.717, 1.165) is 25.7 Å². The van der Waals surface area contributed by atoms with E-state index in [2.05, 4.69) is 41.5 Å². The zero-order valence-corrected chi connectivity index (χ0v) is 12.9. The van der Waals surface area contributed by atoms with E-state index in [-0.39, 0.29) is 17.7 Å². The Balaban J connectivity index is 1.69. The van der Waals surface area contributed by atoms with Crippen molar-refractivity contribution in [2.75, 3.05) is 13.1 Å². The maximum Gasteiger partial charge on any atom is 0.243 e. The van der Waals surface area contributed by atoms with Gasteiger partial charge in [0.05, 0.1) is 0 Å². The van der Waals surface area contributed by atoms with Gasteiger partial charge in [0, 0.05) is 19.0 Å². The summed E-state index contributed by atoms with van der Waals surface area (Å²) in [6.45, 7) is 4.29. The molecule has 1 aliphatic carbocycles. The first kappa shape index (κ1) is 16.3. The molecule has 22 heavy (non-hydrogen) atoms. The van der Waals surface area contributed by atoms with Crippen molar-refractivity contribution in [3.8, 4) is 0 Å². The van der Waals surface area contributed by atoms with E-state index in [1.807, 2.05) is 6.07 Å². The summed E-state index contributed by atoms with van der Waals surface area (Å²) in [4.78, 5) is 23.1. The molecule has 0 spiro atoms.